The smallest absolute Gasteiger partial charge is 0.264 e. The van der Waals surface area contributed by atoms with Crippen molar-refractivity contribution < 1.29 is 17.9 Å². The highest BCUT2D eigenvalue weighted by Gasteiger charge is 2.27. The van der Waals surface area contributed by atoms with E-state index in [1.165, 1.54) is 42.3 Å². The molecular weight excluding hydrogens is 444 g/mol. The second-order valence-electron chi connectivity index (χ2n) is 6.15. The van der Waals surface area contributed by atoms with E-state index in [0.717, 1.165) is 9.87 Å². The normalized spacial score (nSPS) is 11.2. The minimum atomic E-state index is -4.00. The van der Waals surface area contributed by atoms with Crippen molar-refractivity contribution in [2.75, 3.05) is 29.5 Å². The number of anilines is 2. The summed E-state index contributed by atoms with van der Waals surface area (Å²) in [6, 6.07) is 12.9. The predicted octanol–water partition coefficient (Wildman–Crippen LogP) is 3.41. The number of benzene rings is 2. The molecule has 1 heterocycles. The molecule has 0 atom stereocenters. The molecule has 11 heteroatoms. The number of sulfonamides is 1. The minimum absolute atomic E-state index is 0.0530. The molecule has 3 rings (SSSR count). The standard InChI is InChI=1S/C19H20N4O4S3/c1-13-4-6-14(7-5-13)23(12-17(24)20-18-21-22-19(28-3)29-18)30(25,26)16-10-8-15(27-2)9-11-16/h4-11H,12H2,1-3H3,(H,20,21,24). The van der Waals surface area contributed by atoms with Gasteiger partial charge in [0.2, 0.25) is 11.0 Å². The zero-order valence-corrected chi connectivity index (χ0v) is 19.0. The lowest BCUT2D eigenvalue weighted by Crippen LogP contribution is -2.38. The molecule has 2 aromatic carbocycles. The number of ether oxygens (including phenoxy) is 1. The second kappa shape index (κ2) is 9.45. The average Bonchev–Trinajstić information content (AvgIpc) is 3.20. The zero-order valence-electron chi connectivity index (χ0n) is 16.5. The van der Waals surface area contributed by atoms with Crippen molar-refractivity contribution in [1.29, 1.82) is 0 Å². The van der Waals surface area contributed by atoms with Crippen molar-refractivity contribution in [2.45, 2.75) is 16.2 Å². The first kappa shape index (κ1) is 22.1. The fraction of sp³-hybridized carbons (Fsp3) is 0.211. The molecule has 3 aromatic rings. The Morgan fingerprint density at radius 3 is 2.37 bits per heavy atom. The highest BCUT2D eigenvalue weighted by molar-refractivity contribution is 8.00. The van der Waals surface area contributed by atoms with Crippen LogP contribution in [0.25, 0.3) is 0 Å². The summed E-state index contributed by atoms with van der Waals surface area (Å²) in [5, 5.41) is 10.7. The number of nitrogens with one attached hydrogen (secondary N) is 1. The molecule has 0 aliphatic carbocycles. The molecule has 0 bridgehead atoms. The lowest BCUT2D eigenvalue weighted by molar-refractivity contribution is -0.114. The SMILES string of the molecule is COc1ccc(S(=O)(=O)N(CC(=O)Nc2nnc(SC)s2)c2ccc(C)cc2)cc1. The zero-order chi connectivity index (χ0) is 21.7. The van der Waals surface area contributed by atoms with Gasteiger partial charge >= 0.3 is 0 Å². The van der Waals surface area contributed by atoms with Gasteiger partial charge in [-0.2, -0.15) is 0 Å². The van der Waals surface area contributed by atoms with E-state index < -0.39 is 22.5 Å². The van der Waals surface area contributed by atoms with Crippen LogP contribution in [0.2, 0.25) is 0 Å². The van der Waals surface area contributed by atoms with E-state index in [2.05, 4.69) is 15.5 Å². The molecule has 0 aliphatic rings. The lowest BCUT2D eigenvalue weighted by Gasteiger charge is -2.24. The summed E-state index contributed by atoms with van der Waals surface area (Å²) in [5.41, 5.74) is 1.36. The van der Waals surface area contributed by atoms with Gasteiger partial charge in [-0.1, -0.05) is 40.8 Å². The van der Waals surface area contributed by atoms with Crippen LogP contribution in [-0.2, 0) is 14.8 Å². The Hall–Kier alpha value is -2.63. The van der Waals surface area contributed by atoms with Crippen molar-refractivity contribution in [1.82, 2.24) is 10.2 Å². The van der Waals surface area contributed by atoms with E-state index in [1.54, 1.807) is 36.4 Å². The van der Waals surface area contributed by atoms with Crippen LogP contribution in [-0.4, -0.2) is 44.4 Å². The Morgan fingerprint density at radius 1 is 1.13 bits per heavy atom. The van der Waals surface area contributed by atoms with E-state index in [-0.39, 0.29) is 4.90 Å². The van der Waals surface area contributed by atoms with E-state index in [4.69, 9.17) is 4.74 Å². The first-order chi connectivity index (χ1) is 14.3. The summed E-state index contributed by atoms with van der Waals surface area (Å²) >= 11 is 2.63. The molecule has 30 heavy (non-hydrogen) atoms. The predicted molar refractivity (Wildman–Crippen MR) is 119 cm³/mol. The van der Waals surface area contributed by atoms with Crippen molar-refractivity contribution in [3.05, 3.63) is 54.1 Å². The maximum Gasteiger partial charge on any atom is 0.264 e. The lowest BCUT2D eigenvalue weighted by atomic mass is 10.2. The Morgan fingerprint density at radius 2 is 1.80 bits per heavy atom. The summed E-state index contributed by atoms with van der Waals surface area (Å²) in [5.74, 6) is 0.0194. The van der Waals surface area contributed by atoms with E-state index in [9.17, 15) is 13.2 Å². The number of aryl methyl sites for hydroxylation is 1. The molecule has 158 valence electrons. The first-order valence-electron chi connectivity index (χ1n) is 8.74. The molecule has 1 aromatic heterocycles. The number of carbonyl (C=O) groups excluding carboxylic acids is 1. The summed E-state index contributed by atoms with van der Waals surface area (Å²) in [6.07, 6.45) is 1.85. The maximum absolute atomic E-state index is 13.3. The van der Waals surface area contributed by atoms with Crippen molar-refractivity contribution >= 4 is 49.8 Å². The molecule has 1 N–H and O–H groups in total. The minimum Gasteiger partial charge on any atom is -0.497 e. The van der Waals surface area contributed by atoms with Crippen molar-refractivity contribution in [3.8, 4) is 5.75 Å². The number of methoxy groups -OCH3 is 1. The number of aromatic nitrogens is 2. The fourth-order valence-electron chi connectivity index (χ4n) is 2.53. The summed E-state index contributed by atoms with van der Waals surface area (Å²) in [4.78, 5) is 12.7. The van der Waals surface area contributed by atoms with Crippen LogP contribution in [0.4, 0.5) is 10.8 Å². The highest BCUT2D eigenvalue weighted by atomic mass is 32.2. The highest BCUT2D eigenvalue weighted by Crippen LogP contribution is 2.26. The van der Waals surface area contributed by atoms with Crippen LogP contribution in [0, 0.1) is 6.92 Å². The quantitative estimate of drug-likeness (QED) is 0.403. The number of hydrogen-bond acceptors (Lipinski definition) is 8. The Labute approximate surface area is 183 Å². The van der Waals surface area contributed by atoms with Crippen molar-refractivity contribution in [2.24, 2.45) is 0 Å². The van der Waals surface area contributed by atoms with Crippen LogP contribution in [0.15, 0.2) is 57.8 Å². The molecule has 8 nitrogen and oxygen atoms in total. The molecular formula is C19H20N4O4S3. The van der Waals surface area contributed by atoms with Crippen molar-refractivity contribution in [3.63, 3.8) is 0 Å². The Balaban J connectivity index is 1.91. The monoisotopic (exact) mass is 464 g/mol. The number of carbonyl (C=O) groups is 1. The van der Waals surface area contributed by atoms with Gasteiger partial charge in [0, 0.05) is 0 Å². The third-order valence-corrected chi connectivity index (χ3v) is 7.69. The van der Waals surface area contributed by atoms with Crippen LogP contribution in [0.3, 0.4) is 0 Å². The summed E-state index contributed by atoms with van der Waals surface area (Å²) in [7, 11) is -2.50. The van der Waals surface area contributed by atoms with E-state index >= 15 is 0 Å². The van der Waals surface area contributed by atoms with Gasteiger partial charge in [-0.15, -0.1) is 10.2 Å². The number of nitrogens with zero attached hydrogens (tertiary/aromatic N) is 3. The van der Waals surface area contributed by atoms with Gasteiger partial charge in [-0.05, 0) is 49.6 Å². The molecule has 0 aliphatic heterocycles. The van der Waals surface area contributed by atoms with Crippen LogP contribution in [0.1, 0.15) is 5.56 Å². The third kappa shape index (κ3) is 5.10. The van der Waals surface area contributed by atoms with Gasteiger partial charge in [-0.3, -0.25) is 14.4 Å². The Bertz CT molecular complexity index is 1110. The fourth-order valence-corrected chi connectivity index (χ4v) is 5.14. The van der Waals surface area contributed by atoms with Gasteiger partial charge < -0.3 is 4.74 Å². The Kier molecular flexibility index (Phi) is 6.95. The van der Waals surface area contributed by atoms with Gasteiger partial charge in [0.25, 0.3) is 10.0 Å². The molecule has 0 saturated carbocycles. The molecule has 0 fully saturated rings. The van der Waals surface area contributed by atoms with E-state index in [1.807, 2.05) is 13.2 Å². The average molecular weight is 465 g/mol. The first-order valence-corrected chi connectivity index (χ1v) is 12.2. The number of thioether (sulfide) groups is 1. The van der Waals surface area contributed by atoms with Gasteiger partial charge in [-0.25, -0.2) is 8.42 Å². The largest absolute Gasteiger partial charge is 0.497 e. The third-order valence-electron chi connectivity index (χ3n) is 4.08. The summed E-state index contributed by atoms with van der Waals surface area (Å²) in [6.45, 7) is 1.49. The number of hydrogen-bond donors (Lipinski definition) is 1. The topological polar surface area (TPSA) is 101 Å². The number of rotatable bonds is 8. The van der Waals surface area contributed by atoms with Gasteiger partial charge in [0.1, 0.15) is 12.3 Å². The molecule has 0 unspecified atom stereocenters. The molecule has 0 radical (unpaired) electrons. The van der Waals surface area contributed by atoms with E-state index in [0.29, 0.717) is 20.9 Å². The van der Waals surface area contributed by atoms with Crippen LogP contribution >= 0.6 is 23.1 Å². The van der Waals surface area contributed by atoms with Crippen LogP contribution in [0.5, 0.6) is 5.75 Å². The molecule has 0 saturated heterocycles. The number of amides is 1. The van der Waals surface area contributed by atoms with Crippen LogP contribution < -0.4 is 14.4 Å². The molecule has 1 amide bonds. The maximum atomic E-state index is 13.3. The molecule has 0 spiro atoms. The second-order valence-corrected chi connectivity index (χ2v) is 10.0. The van der Waals surface area contributed by atoms with Gasteiger partial charge in [0.15, 0.2) is 4.34 Å². The summed E-state index contributed by atoms with van der Waals surface area (Å²) < 4.78 is 33.5. The van der Waals surface area contributed by atoms with Gasteiger partial charge in [0.05, 0.1) is 17.7 Å².